The van der Waals surface area contributed by atoms with Crippen LogP contribution in [0.4, 0.5) is 5.69 Å². The molecule has 0 unspecified atom stereocenters. The van der Waals surface area contributed by atoms with Gasteiger partial charge in [0.15, 0.2) is 5.43 Å². The van der Waals surface area contributed by atoms with Crippen molar-refractivity contribution in [1.29, 1.82) is 0 Å². The second-order valence-corrected chi connectivity index (χ2v) is 5.98. The molecule has 0 saturated heterocycles. The molecule has 4 N–H and O–H groups in total. The van der Waals surface area contributed by atoms with Crippen molar-refractivity contribution >= 4 is 21.6 Å². The van der Waals surface area contributed by atoms with E-state index in [1.807, 2.05) is 0 Å². The lowest BCUT2D eigenvalue weighted by Crippen LogP contribution is -2.21. The molecule has 2 aromatic rings. The predicted octanol–water partition coefficient (Wildman–Crippen LogP) is 0.583. The van der Waals surface area contributed by atoms with E-state index in [9.17, 15) is 18.0 Å². The highest BCUT2D eigenvalue weighted by Gasteiger charge is 2.12. The van der Waals surface area contributed by atoms with Crippen molar-refractivity contribution in [3.63, 3.8) is 0 Å². The molecule has 0 spiro atoms. The third kappa shape index (κ3) is 3.56. The van der Waals surface area contributed by atoms with Crippen molar-refractivity contribution in [2.75, 3.05) is 5.32 Å². The predicted molar refractivity (Wildman–Crippen MR) is 77.6 cm³/mol. The molecule has 21 heavy (non-hydrogen) atoms. The van der Waals surface area contributed by atoms with Gasteiger partial charge in [-0.3, -0.25) is 9.59 Å². The normalized spacial score (nSPS) is 11.1. The van der Waals surface area contributed by atoms with Gasteiger partial charge in [0.2, 0.25) is 10.0 Å². The van der Waals surface area contributed by atoms with Gasteiger partial charge in [-0.15, -0.1) is 0 Å². The smallest absolute Gasteiger partial charge is 0.261 e. The zero-order valence-electron chi connectivity index (χ0n) is 11.1. The summed E-state index contributed by atoms with van der Waals surface area (Å²) in [6, 6.07) is 6.76. The topological polar surface area (TPSA) is 122 Å². The van der Waals surface area contributed by atoms with E-state index < -0.39 is 21.4 Å². The summed E-state index contributed by atoms with van der Waals surface area (Å²) in [6.07, 6.45) is 1.30. The lowest BCUT2D eigenvalue weighted by Gasteiger charge is -2.06. The molecule has 7 nitrogen and oxygen atoms in total. The first-order valence-electron chi connectivity index (χ1n) is 5.91. The minimum Gasteiger partial charge on any atom is -0.364 e. The Bertz CT molecular complexity index is 856. The first-order valence-corrected chi connectivity index (χ1v) is 7.45. The second-order valence-electron chi connectivity index (χ2n) is 4.42. The zero-order valence-corrected chi connectivity index (χ0v) is 11.9. The number of nitrogens with two attached hydrogens (primary N) is 1. The van der Waals surface area contributed by atoms with Gasteiger partial charge in [0.05, 0.1) is 4.90 Å². The van der Waals surface area contributed by atoms with Crippen molar-refractivity contribution in [2.45, 2.75) is 11.8 Å². The summed E-state index contributed by atoms with van der Waals surface area (Å²) in [4.78, 5) is 26.3. The van der Waals surface area contributed by atoms with Gasteiger partial charge < -0.3 is 10.3 Å². The molecular formula is C13H13N3O4S. The Morgan fingerprint density at radius 1 is 1.29 bits per heavy atom. The number of anilines is 1. The van der Waals surface area contributed by atoms with Crippen LogP contribution in [0, 0.1) is 6.92 Å². The van der Waals surface area contributed by atoms with E-state index in [0.29, 0.717) is 5.69 Å². The number of rotatable bonds is 3. The molecule has 1 amide bonds. The number of sulfonamides is 1. The van der Waals surface area contributed by atoms with Gasteiger partial charge in [0, 0.05) is 23.6 Å². The number of aromatic nitrogens is 1. The Kier molecular flexibility index (Phi) is 3.92. The number of nitrogens with one attached hydrogen (secondary N) is 2. The number of carbonyl (C=O) groups is 1. The molecule has 8 heteroatoms. The van der Waals surface area contributed by atoms with Crippen molar-refractivity contribution in [1.82, 2.24) is 4.98 Å². The summed E-state index contributed by atoms with van der Waals surface area (Å²) in [6.45, 7) is 1.69. The third-order valence-electron chi connectivity index (χ3n) is 2.72. The number of carbonyl (C=O) groups excluding carboxylic acids is 1. The number of amides is 1. The molecule has 0 bridgehead atoms. The fourth-order valence-electron chi connectivity index (χ4n) is 1.70. The van der Waals surface area contributed by atoms with E-state index in [1.165, 1.54) is 36.5 Å². The summed E-state index contributed by atoms with van der Waals surface area (Å²) in [5.41, 5.74) is 0.368. The summed E-state index contributed by atoms with van der Waals surface area (Å²) in [5.74, 6) is -0.636. The van der Waals surface area contributed by atoms with Crippen LogP contribution in [0.5, 0.6) is 0 Å². The average molecular weight is 307 g/mol. The van der Waals surface area contributed by atoms with E-state index in [-0.39, 0.29) is 16.1 Å². The Hall–Kier alpha value is -2.45. The van der Waals surface area contributed by atoms with Crippen LogP contribution in [-0.2, 0) is 10.0 Å². The number of aromatic amines is 1. The van der Waals surface area contributed by atoms with Gasteiger partial charge in [0.1, 0.15) is 5.56 Å². The fraction of sp³-hybridized carbons (Fsp3) is 0.0769. The summed E-state index contributed by atoms with van der Waals surface area (Å²) >= 11 is 0. The molecule has 1 aromatic carbocycles. The van der Waals surface area contributed by atoms with Crippen molar-refractivity contribution in [3.05, 3.63) is 58.0 Å². The van der Waals surface area contributed by atoms with Gasteiger partial charge in [-0.1, -0.05) is 6.07 Å². The number of H-pyrrole nitrogens is 1. The second kappa shape index (κ2) is 5.51. The number of pyridine rings is 1. The van der Waals surface area contributed by atoms with E-state index in [0.717, 1.165) is 0 Å². The monoisotopic (exact) mass is 307 g/mol. The van der Waals surface area contributed by atoms with Crippen LogP contribution in [0.2, 0.25) is 0 Å². The minimum atomic E-state index is -3.86. The van der Waals surface area contributed by atoms with Crippen LogP contribution in [-0.4, -0.2) is 19.3 Å². The maximum absolute atomic E-state index is 12.0. The van der Waals surface area contributed by atoms with Crippen molar-refractivity contribution in [3.8, 4) is 0 Å². The standard InChI is InChI=1S/C13H13N3O4S/c1-8-5-12(17)11(7-15-8)13(18)16-9-3-2-4-10(6-9)21(14,19)20/h2-7H,1H3,(H,15,17)(H,16,18)(H2,14,19,20). The third-order valence-corrected chi connectivity index (χ3v) is 3.63. The van der Waals surface area contributed by atoms with Gasteiger partial charge in [-0.05, 0) is 25.1 Å². The summed E-state index contributed by atoms with van der Waals surface area (Å²) in [5, 5.41) is 7.46. The number of benzene rings is 1. The molecule has 0 aliphatic rings. The van der Waals surface area contributed by atoms with E-state index >= 15 is 0 Å². The van der Waals surface area contributed by atoms with Crippen LogP contribution in [0.3, 0.4) is 0 Å². The van der Waals surface area contributed by atoms with Crippen molar-refractivity contribution < 1.29 is 13.2 Å². The lowest BCUT2D eigenvalue weighted by molar-refractivity contribution is 0.102. The Labute approximate surface area is 120 Å². The van der Waals surface area contributed by atoms with Gasteiger partial charge >= 0.3 is 0 Å². The van der Waals surface area contributed by atoms with Crippen LogP contribution in [0.25, 0.3) is 0 Å². The molecule has 1 aromatic heterocycles. The number of aryl methyl sites for hydroxylation is 1. The zero-order chi connectivity index (χ0) is 15.6. The molecule has 0 fully saturated rings. The highest BCUT2D eigenvalue weighted by atomic mass is 32.2. The van der Waals surface area contributed by atoms with Gasteiger partial charge in [0.25, 0.3) is 5.91 Å². The molecule has 1 heterocycles. The number of hydrogen-bond donors (Lipinski definition) is 3. The van der Waals surface area contributed by atoms with E-state index in [1.54, 1.807) is 6.92 Å². The Morgan fingerprint density at radius 3 is 2.62 bits per heavy atom. The Morgan fingerprint density at radius 2 is 2.00 bits per heavy atom. The first-order chi connectivity index (χ1) is 9.77. The van der Waals surface area contributed by atoms with Crippen LogP contribution in [0.15, 0.2) is 46.2 Å². The first kappa shape index (κ1) is 14.9. The molecular weight excluding hydrogens is 294 g/mol. The van der Waals surface area contributed by atoms with E-state index in [2.05, 4.69) is 10.3 Å². The quantitative estimate of drug-likeness (QED) is 0.767. The largest absolute Gasteiger partial charge is 0.364 e. The highest BCUT2D eigenvalue weighted by Crippen LogP contribution is 2.14. The number of primary sulfonamides is 1. The molecule has 0 radical (unpaired) electrons. The Balaban J connectivity index is 2.30. The molecule has 0 aliphatic carbocycles. The highest BCUT2D eigenvalue weighted by molar-refractivity contribution is 7.89. The van der Waals surface area contributed by atoms with Crippen LogP contribution in [0.1, 0.15) is 16.1 Å². The lowest BCUT2D eigenvalue weighted by atomic mass is 10.2. The molecule has 0 saturated carbocycles. The van der Waals surface area contributed by atoms with Crippen LogP contribution >= 0.6 is 0 Å². The maximum atomic E-state index is 12.0. The summed E-state index contributed by atoms with van der Waals surface area (Å²) < 4.78 is 22.5. The van der Waals surface area contributed by atoms with Crippen LogP contribution < -0.4 is 15.9 Å². The van der Waals surface area contributed by atoms with E-state index in [4.69, 9.17) is 5.14 Å². The maximum Gasteiger partial charge on any atom is 0.261 e. The fourth-order valence-corrected chi connectivity index (χ4v) is 2.26. The SMILES string of the molecule is Cc1cc(=O)c(C(=O)Nc2cccc(S(N)(=O)=O)c2)c[nH]1. The van der Waals surface area contributed by atoms with Gasteiger partial charge in [-0.25, -0.2) is 13.6 Å². The summed E-state index contributed by atoms with van der Waals surface area (Å²) in [7, 11) is -3.86. The average Bonchev–Trinajstić information content (AvgIpc) is 2.37. The molecule has 0 aliphatic heterocycles. The molecule has 0 atom stereocenters. The minimum absolute atomic E-state index is 0.0680. The van der Waals surface area contributed by atoms with Gasteiger partial charge in [-0.2, -0.15) is 0 Å². The molecule has 110 valence electrons. The number of hydrogen-bond acceptors (Lipinski definition) is 4. The molecule has 2 rings (SSSR count). The van der Waals surface area contributed by atoms with Crippen molar-refractivity contribution in [2.24, 2.45) is 5.14 Å².